The molecule has 0 fully saturated rings. The molecule has 3 aromatic rings. The molecule has 0 unspecified atom stereocenters. The van der Waals surface area contributed by atoms with Crippen molar-refractivity contribution in [1.82, 2.24) is 9.97 Å². The van der Waals surface area contributed by atoms with Gasteiger partial charge in [-0.2, -0.15) is 0 Å². The van der Waals surface area contributed by atoms with Crippen LogP contribution in [0.2, 0.25) is 0 Å². The van der Waals surface area contributed by atoms with Gasteiger partial charge in [-0.05, 0) is 56.2 Å². The highest BCUT2D eigenvalue weighted by molar-refractivity contribution is 5.66. The third kappa shape index (κ3) is 3.39. The second kappa shape index (κ2) is 6.55. The molecule has 2 heterocycles. The first-order valence-corrected chi connectivity index (χ1v) is 8.43. The van der Waals surface area contributed by atoms with Crippen LogP contribution < -0.4 is 20.1 Å². The van der Waals surface area contributed by atoms with E-state index in [0.29, 0.717) is 11.6 Å². The van der Waals surface area contributed by atoms with Gasteiger partial charge < -0.3 is 20.1 Å². The van der Waals surface area contributed by atoms with E-state index in [4.69, 9.17) is 9.47 Å². The van der Waals surface area contributed by atoms with Gasteiger partial charge in [0, 0.05) is 23.5 Å². The Kier molecular flexibility index (Phi) is 4.08. The molecule has 0 bridgehead atoms. The Labute approximate surface area is 152 Å². The lowest BCUT2D eigenvalue weighted by atomic mass is 10.1. The predicted octanol–water partition coefficient (Wildman–Crippen LogP) is 4.62. The second-order valence-electron chi connectivity index (χ2n) is 6.30. The van der Waals surface area contributed by atoms with Crippen LogP contribution in [0.3, 0.4) is 0 Å². The summed E-state index contributed by atoms with van der Waals surface area (Å²) in [5, 5.41) is 6.64. The van der Waals surface area contributed by atoms with Gasteiger partial charge in [-0.3, -0.25) is 0 Å². The maximum absolute atomic E-state index is 5.42. The van der Waals surface area contributed by atoms with Crippen LogP contribution in [0.1, 0.15) is 17.0 Å². The highest BCUT2D eigenvalue weighted by atomic mass is 16.7. The van der Waals surface area contributed by atoms with Gasteiger partial charge in [0.05, 0.1) is 0 Å². The van der Waals surface area contributed by atoms with E-state index >= 15 is 0 Å². The SMILES string of the molecule is Cc1nc(Nc2ccc(C)c(C)c2)cc(Nc2ccc3c(c2)OCO3)n1. The van der Waals surface area contributed by atoms with E-state index in [1.54, 1.807) is 0 Å². The lowest BCUT2D eigenvalue weighted by Gasteiger charge is -2.11. The maximum Gasteiger partial charge on any atom is 0.231 e. The van der Waals surface area contributed by atoms with Crippen molar-refractivity contribution in [3.8, 4) is 11.5 Å². The summed E-state index contributed by atoms with van der Waals surface area (Å²) < 4.78 is 10.8. The summed E-state index contributed by atoms with van der Waals surface area (Å²) in [6, 6.07) is 13.8. The van der Waals surface area contributed by atoms with E-state index in [2.05, 4.69) is 46.6 Å². The molecule has 0 saturated carbocycles. The van der Waals surface area contributed by atoms with Gasteiger partial charge >= 0.3 is 0 Å². The normalized spacial score (nSPS) is 12.1. The minimum atomic E-state index is 0.259. The van der Waals surface area contributed by atoms with E-state index in [1.165, 1.54) is 11.1 Å². The minimum absolute atomic E-state index is 0.259. The van der Waals surface area contributed by atoms with Crippen LogP contribution in [0.4, 0.5) is 23.0 Å². The first-order valence-electron chi connectivity index (χ1n) is 8.43. The van der Waals surface area contributed by atoms with Crippen LogP contribution in [-0.2, 0) is 0 Å². The Bertz CT molecular complexity index is 972. The molecule has 1 aliphatic heterocycles. The van der Waals surface area contributed by atoms with Crippen molar-refractivity contribution in [2.24, 2.45) is 0 Å². The molecule has 0 saturated heterocycles. The minimum Gasteiger partial charge on any atom is -0.454 e. The van der Waals surface area contributed by atoms with Gasteiger partial charge in [-0.15, -0.1) is 0 Å². The molecule has 2 N–H and O–H groups in total. The fourth-order valence-corrected chi connectivity index (χ4v) is 2.78. The number of hydrogen-bond acceptors (Lipinski definition) is 6. The van der Waals surface area contributed by atoms with Gasteiger partial charge in [-0.1, -0.05) is 6.07 Å². The molecule has 6 nitrogen and oxygen atoms in total. The largest absolute Gasteiger partial charge is 0.454 e. The molecule has 0 atom stereocenters. The maximum atomic E-state index is 5.42. The Hall–Kier alpha value is -3.28. The summed E-state index contributed by atoms with van der Waals surface area (Å²) >= 11 is 0. The number of fused-ring (bicyclic) bond motifs is 1. The number of aryl methyl sites for hydroxylation is 3. The Morgan fingerprint density at radius 1 is 0.731 bits per heavy atom. The fourth-order valence-electron chi connectivity index (χ4n) is 2.78. The predicted molar refractivity (Wildman–Crippen MR) is 102 cm³/mol. The summed E-state index contributed by atoms with van der Waals surface area (Å²) in [5.41, 5.74) is 4.38. The van der Waals surface area contributed by atoms with Crippen LogP contribution in [0.15, 0.2) is 42.5 Å². The van der Waals surface area contributed by atoms with Crippen LogP contribution in [-0.4, -0.2) is 16.8 Å². The molecule has 26 heavy (non-hydrogen) atoms. The van der Waals surface area contributed by atoms with Crippen molar-refractivity contribution in [3.05, 3.63) is 59.4 Å². The molecule has 1 aromatic heterocycles. The molecular weight excluding hydrogens is 328 g/mol. The fraction of sp³-hybridized carbons (Fsp3) is 0.200. The number of aromatic nitrogens is 2. The van der Waals surface area contributed by atoms with Crippen molar-refractivity contribution < 1.29 is 9.47 Å². The molecule has 4 rings (SSSR count). The van der Waals surface area contributed by atoms with E-state index in [9.17, 15) is 0 Å². The van der Waals surface area contributed by atoms with Crippen molar-refractivity contribution in [3.63, 3.8) is 0 Å². The number of nitrogens with one attached hydrogen (secondary N) is 2. The lowest BCUT2D eigenvalue weighted by Crippen LogP contribution is -2.01. The number of nitrogens with zero attached hydrogens (tertiary/aromatic N) is 2. The third-order valence-corrected chi connectivity index (χ3v) is 4.26. The molecule has 0 radical (unpaired) electrons. The Morgan fingerprint density at radius 3 is 2.12 bits per heavy atom. The molecular formula is C20H20N4O2. The van der Waals surface area contributed by atoms with Gasteiger partial charge in [0.15, 0.2) is 11.5 Å². The first kappa shape index (κ1) is 16.2. The van der Waals surface area contributed by atoms with E-state index in [-0.39, 0.29) is 6.79 Å². The van der Waals surface area contributed by atoms with Crippen molar-refractivity contribution in [1.29, 1.82) is 0 Å². The van der Waals surface area contributed by atoms with Crippen LogP contribution in [0.5, 0.6) is 11.5 Å². The number of ether oxygens (including phenoxy) is 2. The van der Waals surface area contributed by atoms with Gasteiger partial charge in [0.1, 0.15) is 17.5 Å². The molecule has 2 aromatic carbocycles. The highest BCUT2D eigenvalue weighted by Gasteiger charge is 2.13. The smallest absolute Gasteiger partial charge is 0.231 e. The number of rotatable bonds is 4. The Morgan fingerprint density at radius 2 is 1.38 bits per heavy atom. The van der Waals surface area contributed by atoms with Gasteiger partial charge in [0.2, 0.25) is 6.79 Å². The number of anilines is 4. The lowest BCUT2D eigenvalue weighted by molar-refractivity contribution is 0.174. The number of hydrogen-bond donors (Lipinski definition) is 2. The molecule has 132 valence electrons. The third-order valence-electron chi connectivity index (χ3n) is 4.26. The van der Waals surface area contributed by atoms with Gasteiger partial charge in [-0.25, -0.2) is 9.97 Å². The average molecular weight is 348 g/mol. The summed E-state index contributed by atoms with van der Waals surface area (Å²) in [7, 11) is 0. The van der Waals surface area contributed by atoms with E-state index in [1.807, 2.05) is 37.3 Å². The zero-order valence-corrected chi connectivity index (χ0v) is 15.0. The summed E-state index contributed by atoms with van der Waals surface area (Å²) in [4.78, 5) is 8.94. The second-order valence-corrected chi connectivity index (χ2v) is 6.30. The summed E-state index contributed by atoms with van der Waals surface area (Å²) in [6.07, 6.45) is 0. The van der Waals surface area contributed by atoms with Gasteiger partial charge in [0.25, 0.3) is 0 Å². The molecule has 0 spiro atoms. The quantitative estimate of drug-likeness (QED) is 0.717. The van der Waals surface area contributed by atoms with Crippen molar-refractivity contribution in [2.75, 3.05) is 17.4 Å². The van der Waals surface area contributed by atoms with Crippen LogP contribution >= 0.6 is 0 Å². The van der Waals surface area contributed by atoms with E-state index < -0.39 is 0 Å². The van der Waals surface area contributed by atoms with E-state index in [0.717, 1.165) is 28.7 Å². The number of benzene rings is 2. The van der Waals surface area contributed by atoms with Crippen LogP contribution in [0, 0.1) is 20.8 Å². The first-order chi connectivity index (χ1) is 12.6. The molecule has 6 heteroatoms. The standard InChI is InChI=1S/C20H20N4O2/c1-12-4-5-15(8-13(12)2)23-19-10-20(22-14(3)21-19)24-16-6-7-17-18(9-16)26-11-25-17/h4-10H,11H2,1-3H3,(H2,21,22,23,24). The van der Waals surface area contributed by atoms with Crippen LogP contribution in [0.25, 0.3) is 0 Å². The Balaban J connectivity index is 1.56. The topological polar surface area (TPSA) is 68.3 Å². The summed E-state index contributed by atoms with van der Waals surface area (Å²) in [5.74, 6) is 3.62. The van der Waals surface area contributed by atoms with Crippen molar-refractivity contribution >= 4 is 23.0 Å². The molecule has 0 aliphatic carbocycles. The molecule has 1 aliphatic rings. The molecule has 0 amide bonds. The monoisotopic (exact) mass is 348 g/mol. The van der Waals surface area contributed by atoms with Crippen molar-refractivity contribution in [2.45, 2.75) is 20.8 Å². The zero-order valence-electron chi connectivity index (χ0n) is 15.0. The zero-order chi connectivity index (χ0) is 18.1. The highest BCUT2D eigenvalue weighted by Crippen LogP contribution is 2.35. The average Bonchev–Trinajstić information content (AvgIpc) is 3.05. The summed E-state index contributed by atoms with van der Waals surface area (Å²) in [6.45, 7) is 6.32.